The van der Waals surface area contributed by atoms with Gasteiger partial charge in [-0.3, -0.25) is 0 Å². The van der Waals surface area contributed by atoms with Crippen LogP contribution >= 0.6 is 0 Å². The Kier molecular flexibility index (Phi) is 3.97. The van der Waals surface area contributed by atoms with E-state index in [0.29, 0.717) is 32.3 Å². The van der Waals surface area contributed by atoms with Gasteiger partial charge in [-0.2, -0.15) is 0 Å². The summed E-state index contributed by atoms with van der Waals surface area (Å²) in [6.07, 6.45) is 1.22. The molecule has 3 rings (SSSR count). The zero-order valence-corrected chi connectivity index (χ0v) is 11.7. The van der Waals surface area contributed by atoms with Crippen molar-refractivity contribution in [2.45, 2.75) is 0 Å². The summed E-state index contributed by atoms with van der Waals surface area (Å²) in [5.41, 5.74) is 0.112. The van der Waals surface area contributed by atoms with Gasteiger partial charge in [0.1, 0.15) is 11.4 Å². The molecule has 2 heterocycles. The first-order valence-electron chi connectivity index (χ1n) is 6.85. The van der Waals surface area contributed by atoms with E-state index >= 15 is 0 Å². The van der Waals surface area contributed by atoms with Crippen LogP contribution in [0.2, 0.25) is 0 Å². The largest absolute Gasteiger partial charge is 0.478 e. The van der Waals surface area contributed by atoms with E-state index in [-0.39, 0.29) is 16.8 Å². The number of ether oxygens (including phenoxy) is 1. The van der Waals surface area contributed by atoms with Crippen LogP contribution in [0.1, 0.15) is 10.4 Å². The molecule has 0 radical (unpaired) electrons. The van der Waals surface area contributed by atoms with Gasteiger partial charge in [0, 0.05) is 24.8 Å². The molecule has 0 aliphatic carbocycles. The van der Waals surface area contributed by atoms with Gasteiger partial charge < -0.3 is 14.7 Å². The summed E-state index contributed by atoms with van der Waals surface area (Å²) in [7, 11) is 0. The zero-order chi connectivity index (χ0) is 15.5. The quantitative estimate of drug-likeness (QED) is 0.932. The number of hydrogen-bond donors (Lipinski definition) is 1. The number of carbonyl (C=O) groups is 1. The lowest BCUT2D eigenvalue weighted by Gasteiger charge is -2.27. The van der Waals surface area contributed by atoms with Gasteiger partial charge in [0.25, 0.3) is 0 Å². The van der Waals surface area contributed by atoms with Gasteiger partial charge in [-0.25, -0.2) is 19.2 Å². The minimum Gasteiger partial charge on any atom is -0.478 e. The molecular formula is C15H14FN3O3. The summed E-state index contributed by atoms with van der Waals surface area (Å²) < 4.78 is 19.3. The van der Waals surface area contributed by atoms with E-state index in [0.717, 1.165) is 0 Å². The molecule has 1 aliphatic rings. The number of hydrogen-bond acceptors (Lipinski definition) is 5. The minimum atomic E-state index is -1.19. The number of nitrogens with zero attached hydrogens (tertiary/aromatic N) is 3. The predicted octanol–water partition coefficient (Wildman–Crippen LogP) is 1.82. The molecule has 0 amide bonds. The van der Waals surface area contributed by atoms with E-state index in [9.17, 15) is 14.3 Å². The first-order valence-corrected chi connectivity index (χ1v) is 6.85. The van der Waals surface area contributed by atoms with Gasteiger partial charge in [0.05, 0.1) is 18.9 Å². The predicted molar refractivity (Wildman–Crippen MR) is 77.4 cm³/mol. The molecule has 1 N–H and O–H groups in total. The topological polar surface area (TPSA) is 75.5 Å². The van der Waals surface area contributed by atoms with Crippen molar-refractivity contribution in [1.29, 1.82) is 0 Å². The number of aromatic carboxylic acids is 1. The summed E-state index contributed by atoms with van der Waals surface area (Å²) in [5.74, 6) is -1.32. The third-order valence-corrected chi connectivity index (χ3v) is 3.43. The Labute approximate surface area is 126 Å². The highest BCUT2D eigenvalue weighted by Gasteiger charge is 2.21. The van der Waals surface area contributed by atoms with E-state index in [1.807, 2.05) is 4.90 Å². The summed E-state index contributed by atoms with van der Waals surface area (Å²) in [6.45, 7) is 2.34. The van der Waals surface area contributed by atoms with Crippen molar-refractivity contribution in [3.8, 4) is 11.3 Å². The molecular weight excluding hydrogens is 289 g/mol. The van der Waals surface area contributed by atoms with Gasteiger partial charge in [-0.05, 0) is 12.1 Å². The molecule has 0 bridgehead atoms. The smallest absolute Gasteiger partial charge is 0.339 e. The van der Waals surface area contributed by atoms with E-state index < -0.39 is 11.8 Å². The lowest BCUT2D eigenvalue weighted by atomic mass is 10.1. The molecule has 22 heavy (non-hydrogen) atoms. The number of rotatable bonds is 3. The molecule has 0 saturated carbocycles. The van der Waals surface area contributed by atoms with E-state index in [4.69, 9.17) is 4.74 Å². The highest BCUT2D eigenvalue weighted by Crippen LogP contribution is 2.26. The average molecular weight is 303 g/mol. The standard InChI is InChI=1S/C15H14FN3O3/c16-12-4-2-1-3-10(12)13-11(14(20)21)9-17-15(18-13)19-5-7-22-8-6-19/h1-4,9H,5-8H2,(H,20,21). The number of carboxylic acids is 1. The molecule has 0 atom stereocenters. The van der Waals surface area contributed by atoms with Crippen LogP contribution in [0, 0.1) is 5.82 Å². The maximum absolute atomic E-state index is 14.0. The van der Waals surface area contributed by atoms with E-state index in [1.165, 1.54) is 18.3 Å². The Bertz CT molecular complexity index is 702. The third kappa shape index (κ3) is 2.75. The Morgan fingerprint density at radius 1 is 1.27 bits per heavy atom. The van der Waals surface area contributed by atoms with Crippen molar-refractivity contribution in [2.75, 3.05) is 31.2 Å². The van der Waals surface area contributed by atoms with Gasteiger partial charge in [-0.15, -0.1) is 0 Å². The first kappa shape index (κ1) is 14.4. The van der Waals surface area contributed by atoms with Crippen LogP contribution in [0.4, 0.5) is 10.3 Å². The SMILES string of the molecule is O=C(O)c1cnc(N2CCOCC2)nc1-c1ccccc1F. The second-order valence-electron chi connectivity index (χ2n) is 4.82. The number of morpholine rings is 1. The van der Waals surface area contributed by atoms with Crippen molar-refractivity contribution < 1.29 is 19.0 Å². The molecule has 2 aromatic rings. The fourth-order valence-electron chi connectivity index (χ4n) is 2.30. The number of halogens is 1. The van der Waals surface area contributed by atoms with Gasteiger partial charge >= 0.3 is 5.97 Å². The lowest BCUT2D eigenvalue weighted by molar-refractivity contribution is 0.0697. The number of benzene rings is 1. The molecule has 0 unspecified atom stereocenters. The minimum absolute atomic E-state index is 0.0853. The van der Waals surface area contributed by atoms with E-state index in [2.05, 4.69) is 9.97 Å². The molecule has 1 aromatic carbocycles. The Hall–Kier alpha value is -2.54. The van der Waals surface area contributed by atoms with E-state index in [1.54, 1.807) is 12.1 Å². The summed E-state index contributed by atoms with van der Waals surface area (Å²) in [5, 5.41) is 9.28. The highest BCUT2D eigenvalue weighted by atomic mass is 19.1. The Balaban J connectivity index is 2.09. The molecule has 1 aromatic heterocycles. The number of anilines is 1. The van der Waals surface area contributed by atoms with Crippen LogP contribution in [0.25, 0.3) is 11.3 Å². The summed E-state index contributed by atoms with van der Waals surface area (Å²) in [6, 6.07) is 5.97. The van der Waals surface area contributed by atoms with Crippen LogP contribution in [-0.4, -0.2) is 47.3 Å². The fraction of sp³-hybridized carbons (Fsp3) is 0.267. The molecule has 7 heteroatoms. The molecule has 1 fully saturated rings. The summed E-state index contributed by atoms with van der Waals surface area (Å²) in [4.78, 5) is 21.6. The normalized spacial score (nSPS) is 14.9. The van der Waals surface area contributed by atoms with Crippen molar-refractivity contribution in [2.24, 2.45) is 0 Å². The van der Waals surface area contributed by atoms with Crippen molar-refractivity contribution >= 4 is 11.9 Å². The molecule has 0 spiro atoms. The second-order valence-corrected chi connectivity index (χ2v) is 4.82. The van der Waals surface area contributed by atoms with Crippen molar-refractivity contribution in [3.63, 3.8) is 0 Å². The van der Waals surface area contributed by atoms with Crippen molar-refractivity contribution in [3.05, 3.63) is 41.8 Å². The summed E-state index contributed by atoms with van der Waals surface area (Å²) >= 11 is 0. The highest BCUT2D eigenvalue weighted by molar-refractivity contribution is 5.94. The second kappa shape index (κ2) is 6.07. The van der Waals surface area contributed by atoms with Crippen LogP contribution < -0.4 is 4.90 Å². The van der Waals surface area contributed by atoms with Crippen LogP contribution in [0.3, 0.4) is 0 Å². The maximum Gasteiger partial charge on any atom is 0.339 e. The van der Waals surface area contributed by atoms with Gasteiger partial charge in [0.15, 0.2) is 0 Å². The zero-order valence-electron chi connectivity index (χ0n) is 11.7. The number of aromatic nitrogens is 2. The van der Waals surface area contributed by atoms with Crippen LogP contribution in [0.15, 0.2) is 30.5 Å². The lowest BCUT2D eigenvalue weighted by Crippen LogP contribution is -2.37. The molecule has 6 nitrogen and oxygen atoms in total. The average Bonchev–Trinajstić information content (AvgIpc) is 2.55. The first-order chi connectivity index (χ1) is 10.7. The third-order valence-electron chi connectivity index (χ3n) is 3.43. The monoisotopic (exact) mass is 303 g/mol. The Morgan fingerprint density at radius 3 is 2.68 bits per heavy atom. The van der Waals surface area contributed by atoms with Crippen LogP contribution in [-0.2, 0) is 4.74 Å². The molecule has 1 aliphatic heterocycles. The van der Waals surface area contributed by atoms with Gasteiger partial charge in [-0.1, -0.05) is 12.1 Å². The molecule has 1 saturated heterocycles. The van der Waals surface area contributed by atoms with Gasteiger partial charge in [0.2, 0.25) is 5.95 Å². The van der Waals surface area contributed by atoms with Crippen LogP contribution in [0.5, 0.6) is 0 Å². The Morgan fingerprint density at radius 2 is 2.00 bits per heavy atom. The number of carboxylic acid groups (broad SMARTS) is 1. The maximum atomic E-state index is 14.0. The fourth-order valence-corrected chi connectivity index (χ4v) is 2.30. The van der Waals surface area contributed by atoms with Crippen molar-refractivity contribution in [1.82, 2.24) is 9.97 Å². The molecule has 114 valence electrons.